The largest absolute Gasteiger partial charge is 0.271 e. The summed E-state index contributed by atoms with van der Waals surface area (Å²) in [5.41, 5.74) is 4.79. The average molecular weight is 369 g/mol. The average Bonchev–Trinajstić information content (AvgIpc) is 2.62. The van der Waals surface area contributed by atoms with Crippen molar-refractivity contribution in [2.24, 2.45) is 5.10 Å². The Labute approximate surface area is 153 Å². The van der Waals surface area contributed by atoms with Crippen LogP contribution in [-0.4, -0.2) is 22.0 Å². The minimum atomic E-state index is -0.495. The number of aromatic nitrogens is 1. The Morgan fingerprint density at radius 2 is 1.96 bits per heavy atom. The number of halogens is 1. The van der Waals surface area contributed by atoms with Crippen LogP contribution in [0.1, 0.15) is 21.5 Å². The lowest BCUT2D eigenvalue weighted by Crippen LogP contribution is -2.17. The number of hydrogen-bond donors (Lipinski definition) is 1. The number of nitro groups is 1. The number of carbonyl (C=O) groups is 1. The molecular weight excluding hydrogens is 356 g/mol. The molecule has 7 nitrogen and oxygen atoms in total. The van der Waals surface area contributed by atoms with Gasteiger partial charge in [0.25, 0.3) is 11.6 Å². The molecule has 26 heavy (non-hydrogen) atoms. The van der Waals surface area contributed by atoms with Gasteiger partial charge in [-0.25, -0.2) is 10.4 Å². The minimum absolute atomic E-state index is 0.0622. The highest BCUT2D eigenvalue weighted by Crippen LogP contribution is 2.23. The molecule has 0 spiro atoms. The Morgan fingerprint density at radius 1 is 1.23 bits per heavy atom. The van der Waals surface area contributed by atoms with E-state index in [4.69, 9.17) is 11.6 Å². The molecule has 0 fully saturated rings. The highest BCUT2D eigenvalue weighted by molar-refractivity contribution is 6.32. The van der Waals surface area contributed by atoms with Crippen LogP contribution in [0.5, 0.6) is 0 Å². The third-order valence-corrected chi connectivity index (χ3v) is 3.98. The molecule has 0 aliphatic carbocycles. The van der Waals surface area contributed by atoms with Crippen LogP contribution in [0.3, 0.4) is 0 Å². The zero-order chi connectivity index (χ0) is 18.7. The SMILES string of the molecule is Cc1ccc(C(=O)N/N=C\c2cc3ccc([N+](=O)[O-])cc3nc2Cl)cc1. The lowest BCUT2D eigenvalue weighted by atomic mass is 10.1. The Bertz CT molecular complexity index is 1030. The topological polar surface area (TPSA) is 97.5 Å². The van der Waals surface area contributed by atoms with Gasteiger partial charge in [-0.2, -0.15) is 5.10 Å². The number of fused-ring (bicyclic) bond motifs is 1. The van der Waals surface area contributed by atoms with E-state index < -0.39 is 4.92 Å². The number of hydrazone groups is 1. The lowest BCUT2D eigenvalue weighted by molar-refractivity contribution is -0.384. The van der Waals surface area contributed by atoms with Crippen molar-refractivity contribution in [3.8, 4) is 0 Å². The van der Waals surface area contributed by atoms with Crippen LogP contribution in [-0.2, 0) is 0 Å². The molecule has 130 valence electrons. The van der Waals surface area contributed by atoms with Crippen molar-refractivity contribution in [3.05, 3.63) is 80.5 Å². The molecule has 2 aromatic carbocycles. The number of hydrogen-bond acceptors (Lipinski definition) is 5. The van der Waals surface area contributed by atoms with E-state index in [1.54, 1.807) is 24.3 Å². The maximum atomic E-state index is 12.0. The lowest BCUT2D eigenvalue weighted by Gasteiger charge is -2.03. The number of nitro benzene ring substituents is 1. The van der Waals surface area contributed by atoms with Gasteiger partial charge in [-0.05, 0) is 31.2 Å². The van der Waals surface area contributed by atoms with Crippen LogP contribution < -0.4 is 5.43 Å². The highest BCUT2D eigenvalue weighted by atomic mass is 35.5. The smallest absolute Gasteiger partial charge is 0.267 e. The summed E-state index contributed by atoms with van der Waals surface area (Å²) in [5, 5.41) is 15.5. The molecule has 0 saturated carbocycles. The number of nitrogens with one attached hydrogen (secondary N) is 1. The second-order valence-electron chi connectivity index (χ2n) is 5.57. The molecule has 1 amide bonds. The third kappa shape index (κ3) is 3.84. The molecule has 1 N–H and O–H groups in total. The van der Waals surface area contributed by atoms with Gasteiger partial charge in [0.1, 0.15) is 5.15 Å². The fourth-order valence-corrected chi connectivity index (χ4v) is 2.48. The molecule has 0 bridgehead atoms. The molecule has 3 aromatic rings. The number of amides is 1. The molecule has 3 rings (SSSR count). The summed E-state index contributed by atoms with van der Waals surface area (Å²) in [7, 11) is 0. The van der Waals surface area contributed by atoms with Gasteiger partial charge in [-0.15, -0.1) is 0 Å². The van der Waals surface area contributed by atoms with Gasteiger partial charge in [-0.1, -0.05) is 29.3 Å². The van der Waals surface area contributed by atoms with Crippen LogP contribution in [0.25, 0.3) is 10.9 Å². The van der Waals surface area contributed by atoms with Gasteiger partial charge in [0.05, 0.1) is 16.7 Å². The number of rotatable bonds is 4. The van der Waals surface area contributed by atoms with Crippen molar-refractivity contribution in [1.29, 1.82) is 0 Å². The van der Waals surface area contributed by atoms with Gasteiger partial charge < -0.3 is 0 Å². The predicted molar refractivity (Wildman–Crippen MR) is 99.6 cm³/mol. The monoisotopic (exact) mass is 368 g/mol. The summed E-state index contributed by atoms with van der Waals surface area (Å²) >= 11 is 6.10. The molecular formula is C18H13ClN4O3. The van der Waals surface area contributed by atoms with E-state index in [2.05, 4.69) is 15.5 Å². The maximum Gasteiger partial charge on any atom is 0.271 e. The van der Waals surface area contributed by atoms with E-state index in [1.165, 1.54) is 18.3 Å². The van der Waals surface area contributed by atoms with Crippen molar-refractivity contribution in [3.63, 3.8) is 0 Å². The number of pyridine rings is 1. The van der Waals surface area contributed by atoms with E-state index in [9.17, 15) is 14.9 Å². The van der Waals surface area contributed by atoms with E-state index in [0.717, 1.165) is 5.56 Å². The fourth-order valence-electron chi connectivity index (χ4n) is 2.28. The van der Waals surface area contributed by atoms with Crippen molar-refractivity contribution < 1.29 is 9.72 Å². The molecule has 8 heteroatoms. The van der Waals surface area contributed by atoms with E-state index in [-0.39, 0.29) is 16.7 Å². The van der Waals surface area contributed by atoms with Crippen LogP contribution in [0.2, 0.25) is 5.15 Å². The van der Waals surface area contributed by atoms with Crippen molar-refractivity contribution in [1.82, 2.24) is 10.4 Å². The molecule has 1 heterocycles. The van der Waals surface area contributed by atoms with Crippen LogP contribution in [0.4, 0.5) is 5.69 Å². The molecule has 0 aliphatic heterocycles. The highest BCUT2D eigenvalue weighted by Gasteiger charge is 2.10. The maximum absolute atomic E-state index is 12.0. The van der Waals surface area contributed by atoms with Gasteiger partial charge in [0.2, 0.25) is 0 Å². The number of benzene rings is 2. The van der Waals surface area contributed by atoms with Crippen LogP contribution in [0.15, 0.2) is 53.6 Å². The summed E-state index contributed by atoms with van der Waals surface area (Å²) in [6.45, 7) is 1.93. The first kappa shape index (κ1) is 17.5. The quantitative estimate of drug-likeness (QED) is 0.327. The normalized spacial score (nSPS) is 11.0. The Balaban J connectivity index is 1.79. The Kier molecular flexibility index (Phi) is 4.90. The van der Waals surface area contributed by atoms with E-state index in [1.807, 2.05) is 19.1 Å². The van der Waals surface area contributed by atoms with E-state index in [0.29, 0.717) is 22.0 Å². The zero-order valence-electron chi connectivity index (χ0n) is 13.6. The number of nitrogens with zero attached hydrogens (tertiary/aromatic N) is 3. The summed E-state index contributed by atoms with van der Waals surface area (Å²) in [4.78, 5) is 26.5. The minimum Gasteiger partial charge on any atom is -0.267 e. The fraction of sp³-hybridized carbons (Fsp3) is 0.0556. The Morgan fingerprint density at radius 3 is 2.65 bits per heavy atom. The first-order chi connectivity index (χ1) is 12.4. The van der Waals surface area contributed by atoms with Gasteiger partial charge in [0, 0.05) is 28.6 Å². The third-order valence-electron chi connectivity index (χ3n) is 3.68. The van der Waals surface area contributed by atoms with Crippen molar-refractivity contribution in [2.75, 3.05) is 0 Å². The summed E-state index contributed by atoms with van der Waals surface area (Å²) in [6, 6.07) is 13.1. The summed E-state index contributed by atoms with van der Waals surface area (Å²) < 4.78 is 0. The van der Waals surface area contributed by atoms with Crippen LogP contribution in [0, 0.1) is 17.0 Å². The summed E-state index contributed by atoms with van der Waals surface area (Å²) in [6.07, 6.45) is 1.38. The van der Waals surface area contributed by atoms with Crippen LogP contribution >= 0.6 is 11.6 Å². The molecule has 0 radical (unpaired) electrons. The van der Waals surface area contributed by atoms with Gasteiger partial charge in [-0.3, -0.25) is 14.9 Å². The second kappa shape index (κ2) is 7.28. The first-order valence-corrected chi connectivity index (χ1v) is 7.96. The second-order valence-corrected chi connectivity index (χ2v) is 5.93. The molecule has 0 saturated heterocycles. The van der Waals surface area contributed by atoms with Crippen molar-refractivity contribution >= 4 is 40.3 Å². The summed E-state index contributed by atoms with van der Waals surface area (Å²) in [5.74, 6) is -0.346. The number of aryl methyl sites for hydroxylation is 1. The van der Waals surface area contributed by atoms with E-state index >= 15 is 0 Å². The molecule has 0 aliphatic rings. The molecule has 0 unspecified atom stereocenters. The Hall–Kier alpha value is -3.32. The molecule has 0 atom stereocenters. The van der Waals surface area contributed by atoms with Crippen molar-refractivity contribution in [2.45, 2.75) is 6.92 Å². The number of non-ortho nitro benzene ring substituents is 1. The predicted octanol–water partition coefficient (Wildman–Crippen LogP) is 3.87. The standard InChI is InChI=1S/C18H13ClN4O3/c1-11-2-4-12(5-3-11)18(24)22-20-10-14-8-13-6-7-15(23(25)26)9-16(13)21-17(14)19/h2-10H,1H3,(H,22,24)/b20-10-. The molecule has 1 aromatic heterocycles. The number of carbonyl (C=O) groups excluding carboxylic acids is 1. The van der Waals surface area contributed by atoms with Gasteiger partial charge >= 0.3 is 0 Å². The van der Waals surface area contributed by atoms with Gasteiger partial charge in [0.15, 0.2) is 0 Å². The zero-order valence-corrected chi connectivity index (χ0v) is 14.4. The first-order valence-electron chi connectivity index (χ1n) is 7.59.